The molecule has 10 heteroatoms. The van der Waals surface area contributed by atoms with Gasteiger partial charge in [0.15, 0.2) is 0 Å². The second kappa shape index (κ2) is 9.93. The van der Waals surface area contributed by atoms with Crippen molar-refractivity contribution in [2.75, 3.05) is 27.9 Å². The number of likely N-dealkylation sites (tertiary alicyclic amines) is 1. The molecule has 1 atom stereocenters. The molecule has 0 N–H and O–H groups in total. The fourth-order valence-corrected chi connectivity index (χ4v) is 3.48. The molecule has 1 aliphatic rings. The molecule has 1 aromatic heterocycles. The highest BCUT2D eigenvalue weighted by atomic mass is 16.6. The van der Waals surface area contributed by atoms with Crippen LogP contribution in [-0.2, 0) is 9.53 Å². The first-order valence-corrected chi connectivity index (χ1v) is 10.5. The molecule has 1 aliphatic heterocycles. The van der Waals surface area contributed by atoms with Gasteiger partial charge in [-0.25, -0.2) is 4.79 Å². The molecular formula is C23H29N3O7. The Morgan fingerprint density at radius 1 is 1.00 bits per heavy atom. The largest absolute Gasteiger partial charge is 0.496 e. The minimum atomic E-state index is -0.692. The molecule has 2 aromatic rings. The van der Waals surface area contributed by atoms with Crippen molar-refractivity contribution in [1.82, 2.24) is 14.9 Å². The Kier molecular flexibility index (Phi) is 7.25. The van der Waals surface area contributed by atoms with Crippen LogP contribution < -0.4 is 18.9 Å². The van der Waals surface area contributed by atoms with Gasteiger partial charge in [-0.15, -0.1) is 0 Å². The van der Waals surface area contributed by atoms with E-state index in [4.69, 9.17) is 23.7 Å². The summed E-state index contributed by atoms with van der Waals surface area (Å²) < 4.78 is 27.1. The zero-order valence-corrected chi connectivity index (χ0v) is 19.7. The standard InChI is InChI=1S/C23H29N3O7/c1-23(2,3)33-21(28)14-9-8-12-26(14)20(27)19-15(29-4)10-7-11-16(19)32-22-24-17(30-5)13-18(25-22)31-6/h7,10-11,13-14H,8-9,12H2,1-6H3. The van der Waals surface area contributed by atoms with E-state index >= 15 is 0 Å². The van der Waals surface area contributed by atoms with Gasteiger partial charge >= 0.3 is 12.0 Å². The molecule has 1 amide bonds. The average molecular weight is 459 g/mol. The second-order valence-corrected chi connectivity index (χ2v) is 8.36. The first kappa shape index (κ1) is 24.1. The van der Waals surface area contributed by atoms with E-state index in [2.05, 4.69) is 9.97 Å². The molecule has 0 spiro atoms. The topological polar surface area (TPSA) is 109 Å². The molecule has 1 unspecified atom stereocenters. The highest BCUT2D eigenvalue weighted by Gasteiger charge is 2.39. The van der Waals surface area contributed by atoms with Crippen molar-refractivity contribution in [1.29, 1.82) is 0 Å². The van der Waals surface area contributed by atoms with E-state index in [-0.39, 0.29) is 29.1 Å². The monoisotopic (exact) mass is 459 g/mol. The minimum Gasteiger partial charge on any atom is -0.496 e. The van der Waals surface area contributed by atoms with Gasteiger partial charge in [-0.3, -0.25) is 4.79 Å². The first-order chi connectivity index (χ1) is 15.7. The Morgan fingerprint density at radius 3 is 2.21 bits per heavy atom. The zero-order chi connectivity index (χ0) is 24.2. The average Bonchev–Trinajstić information content (AvgIpc) is 3.27. The van der Waals surface area contributed by atoms with Gasteiger partial charge in [0.25, 0.3) is 5.91 Å². The van der Waals surface area contributed by atoms with Crippen molar-refractivity contribution in [3.8, 4) is 29.3 Å². The van der Waals surface area contributed by atoms with Crippen LogP contribution in [0.15, 0.2) is 24.3 Å². The number of methoxy groups -OCH3 is 3. The van der Waals surface area contributed by atoms with E-state index in [1.165, 1.54) is 32.3 Å². The van der Waals surface area contributed by atoms with E-state index in [1.807, 2.05) is 0 Å². The molecular weight excluding hydrogens is 430 g/mol. The number of hydrogen-bond donors (Lipinski definition) is 0. The van der Waals surface area contributed by atoms with E-state index < -0.39 is 23.5 Å². The smallest absolute Gasteiger partial charge is 0.329 e. The Bertz CT molecular complexity index is 997. The van der Waals surface area contributed by atoms with Gasteiger partial charge in [0.05, 0.1) is 27.4 Å². The molecule has 1 saturated heterocycles. The third-order valence-electron chi connectivity index (χ3n) is 4.89. The quantitative estimate of drug-likeness (QED) is 0.576. The fourth-order valence-electron chi connectivity index (χ4n) is 3.48. The SMILES string of the molecule is COc1cc(OC)nc(Oc2cccc(OC)c2C(=O)N2CCCC2C(=O)OC(C)(C)C)n1. The van der Waals surface area contributed by atoms with Gasteiger partial charge in [0.1, 0.15) is 28.7 Å². The van der Waals surface area contributed by atoms with E-state index in [0.717, 1.165) is 0 Å². The van der Waals surface area contributed by atoms with Gasteiger partial charge in [-0.1, -0.05) is 6.07 Å². The molecule has 3 rings (SSSR count). The lowest BCUT2D eigenvalue weighted by molar-refractivity contribution is -0.159. The highest BCUT2D eigenvalue weighted by Crippen LogP contribution is 2.35. The molecule has 1 fully saturated rings. The summed E-state index contributed by atoms with van der Waals surface area (Å²) >= 11 is 0. The van der Waals surface area contributed by atoms with Crippen molar-refractivity contribution in [3.63, 3.8) is 0 Å². The normalized spacial score (nSPS) is 15.7. The maximum Gasteiger partial charge on any atom is 0.329 e. The summed E-state index contributed by atoms with van der Waals surface area (Å²) in [4.78, 5) is 36.2. The Morgan fingerprint density at radius 2 is 1.64 bits per heavy atom. The second-order valence-electron chi connectivity index (χ2n) is 8.36. The van der Waals surface area contributed by atoms with Crippen LogP contribution in [0.1, 0.15) is 44.0 Å². The van der Waals surface area contributed by atoms with Crippen LogP contribution in [-0.4, -0.2) is 66.3 Å². The predicted octanol–water partition coefficient (Wildman–Crippen LogP) is 3.24. The number of hydrogen-bond acceptors (Lipinski definition) is 9. The number of amides is 1. The van der Waals surface area contributed by atoms with Crippen LogP contribution in [0.3, 0.4) is 0 Å². The van der Waals surface area contributed by atoms with Crippen molar-refractivity contribution in [2.45, 2.75) is 45.3 Å². The van der Waals surface area contributed by atoms with Crippen molar-refractivity contribution in [2.24, 2.45) is 0 Å². The number of carbonyl (C=O) groups is 2. The Hall–Kier alpha value is -3.56. The van der Waals surface area contributed by atoms with E-state index in [1.54, 1.807) is 39.0 Å². The summed E-state index contributed by atoms with van der Waals surface area (Å²) in [5, 5.41) is 0. The molecule has 0 bridgehead atoms. The number of nitrogens with zero attached hydrogens (tertiary/aromatic N) is 3. The Labute approximate surface area is 192 Å². The molecule has 10 nitrogen and oxygen atoms in total. The summed E-state index contributed by atoms with van der Waals surface area (Å²) in [6.45, 7) is 5.78. The van der Waals surface area contributed by atoms with Crippen molar-refractivity contribution in [3.05, 3.63) is 29.8 Å². The van der Waals surface area contributed by atoms with Gasteiger partial charge in [-0.2, -0.15) is 9.97 Å². The van der Waals surface area contributed by atoms with Crippen LogP contribution in [0.4, 0.5) is 0 Å². The summed E-state index contributed by atoms with van der Waals surface area (Å²) in [7, 11) is 4.36. The van der Waals surface area contributed by atoms with E-state index in [0.29, 0.717) is 25.1 Å². The van der Waals surface area contributed by atoms with Gasteiger partial charge < -0.3 is 28.6 Å². The predicted molar refractivity (Wildman–Crippen MR) is 118 cm³/mol. The van der Waals surface area contributed by atoms with Gasteiger partial charge in [0.2, 0.25) is 11.8 Å². The third kappa shape index (κ3) is 5.63. The zero-order valence-electron chi connectivity index (χ0n) is 19.7. The number of esters is 1. The Balaban J connectivity index is 1.96. The molecule has 2 heterocycles. The molecule has 1 aromatic carbocycles. The van der Waals surface area contributed by atoms with Crippen molar-refractivity contribution >= 4 is 11.9 Å². The number of carbonyl (C=O) groups excluding carboxylic acids is 2. The molecule has 0 saturated carbocycles. The lowest BCUT2D eigenvalue weighted by Crippen LogP contribution is -2.43. The molecule has 33 heavy (non-hydrogen) atoms. The maximum atomic E-state index is 13.6. The molecule has 0 radical (unpaired) electrons. The van der Waals surface area contributed by atoms with Crippen LogP contribution >= 0.6 is 0 Å². The van der Waals surface area contributed by atoms with Gasteiger partial charge in [-0.05, 0) is 45.7 Å². The van der Waals surface area contributed by atoms with Crippen molar-refractivity contribution < 1.29 is 33.3 Å². The van der Waals surface area contributed by atoms with Crippen LogP contribution in [0, 0.1) is 0 Å². The third-order valence-corrected chi connectivity index (χ3v) is 4.89. The summed E-state index contributed by atoms with van der Waals surface area (Å²) in [6.07, 6.45) is 1.19. The summed E-state index contributed by atoms with van der Waals surface area (Å²) in [6, 6.07) is 5.66. The lowest BCUT2D eigenvalue weighted by atomic mass is 10.1. The first-order valence-electron chi connectivity index (χ1n) is 10.5. The van der Waals surface area contributed by atoms with Gasteiger partial charge in [0, 0.05) is 6.54 Å². The molecule has 0 aliphatic carbocycles. The van der Waals surface area contributed by atoms with Crippen LogP contribution in [0.5, 0.6) is 29.3 Å². The lowest BCUT2D eigenvalue weighted by Gasteiger charge is -2.28. The number of ether oxygens (including phenoxy) is 5. The number of aromatic nitrogens is 2. The molecule has 178 valence electrons. The van der Waals surface area contributed by atoms with E-state index in [9.17, 15) is 9.59 Å². The summed E-state index contributed by atoms with van der Waals surface area (Å²) in [5.41, 5.74) is -0.503. The summed E-state index contributed by atoms with van der Waals surface area (Å²) in [5.74, 6) is 0.0817. The number of benzene rings is 1. The van der Waals surface area contributed by atoms with Crippen LogP contribution in [0.2, 0.25) is 0 Å². The minimum absolute atomic E-state index is 0.0707. The van der Waals surface area contributed by atoms with Crippen LogP contribution in [0.25, 0.3) is 0 Å². The number of rotatable bonds is 7. The fraction of sp³-hybridized carbons (Fsp3) is 0.478. The highest BCUT2D eigenvalue weighted by molar-refractivity contribution is 6.02. The maximum absolute atomic E-state index is 13.6.